The van der Waals surface area contributed by atoms with Gasteiger partial charge in [-0.15, -0.1) is 0 Å². The van der Waals surface area contributed by atoms with Crippen molar-refractivity contribution < 1.29 is 52.4 Å². The van der Waals surface area contributed by atoms with Gasteiger partial charge in [0, 0.05) is 18.8 Å². The molecule has 13 heteroatoms. The molecule has 3 unspecified atom stereocenters. The van der Waals surface area contributed by atoms with Crippen LogP contribution >= 0.6 is 0 Å². The van der Waals surface area contributed by atoms with E-state index in [1.165, 1.54) is 6.92 Å². The first-order chi connectivity index (χ1) is 28.5. The molecule has 4 aliphatic rings. The summed E-state index contributed by atoms with van der Waals surface area (Å²) in [5.41, 5.74) is 1.08. The highest BCUT2D eigenvalue weighted by Gasteiger charge is 2.59. The average Bonchev–Trinajstić information content (AvgIpc) is 3.47. The van der Waals surface area contributed by atoms with Gasteiger partial charge in [-0.2, -0.15) is 0 Å². The molecule has 0 aliphatic carbocycles. The van der Waals surface area contributed by atoms with Gasteiger partial charge < -0.3 is 42.9 Å². The summed E-state index contributed by atoms with van der Waals surface area (Å²) >= 11 is 0. The molecule has 4 heterocycles. The van der Waals surface area contributed by atoms with E-state index in [4.69, 9.17) is 38.0 Å². The van der Waals surface area contributed by atoms with Crippen LogP contribution < -0.4 is 0 Å². The highest BCUT2D eigenvalue weighted by Crippen LogP contribution is 2.45. The first kappa shape index (κ1) is 45.8. The molecule has 330 valence electrons. The monoisotopic (exact) mass is 834 g/mol. The molecule has 13 nitrogen and oxygen atoms in total. The number of likely N-dealkylation sites (N-methyl/N-ethyl adjacent to an activating group) is 1. The number of fused-ring (bicyclic) bond motifs is 5. The van der Waals surface area contributed by atoms with Crippen molar-refractivity contribution in [2.24, 2.45) is 28.8 Å². The van der Waals surface area contributed by atoms with Crippen molar-refractivity contribution in [1.29, 1.82) is 0 Å². The van der Waals surface area contributed by atoms with Crippen LogP contribution in [0.2, 0.25) is 0 Å². The molecule has 6 rings (SSSR count). The maximum Gasteiger partial charge on any atom is 0.311 e. The third-order valence-electron chi connectivity index (χ3n) is 13.1. The number of cyclic esters (lactones) is 1. The van der Waals surface area contributed by atoms with Gasteiger partial charge in [-0.1, -0.05) is 87.4 Å². The molecule has 4 aliphatic heterocycles. The number of hydrogen-bond acceptors (Lipinski definition) is 13. The number of ketones is 1. The lowest BCUT2D eigenvalue weighted by Gasteiger charge is -2.48. The number of benzene rings is 2. The van der Waals surface area contributed by atoms with Crippen molar-refractivity contribution in [3.63, 3.8) is 0 Å². The first-order valence-corrected chi connectivity index (χ1v) is 21.6. The van der Waals surface area contributed by atoms with Gasteiger partial charge in [0.1, 0.15) is 18.4 Å². The summed E-state index contributed by atoms with van der Waals surface area (Å²) in [6.07, 6.45) is -3.55. The van der Waals surface area contributed by atoms with Crippen molar-refractivity contribution in [3.8, 4) is 11.1 Å². The number of carbonyl (C=O) groups excluding carboxylic acids is 3. The summed E-state index contributed by atoms with van der Waals surface area (Å²) < 4.78 is 46.4. The normalized spacial score (nSPS) is 38.5. The molecular weight excluding hydrogens is 769 g/mol. The van der Waals surface area contributed by atoms with E-state index in [0.717, 1.165) is 16.7 Å². The minimum atomic E-state index is -1.33. The lowest BCUT2D eigenvalue weighted by molar-refractivity contribution is -0.305. The van der Waals surface area contributed by atoms with E-state index in [1.54, 1.807) is 13.8 Å². The highest BCUT2D eigenvalue weighted by atomic mass is 16.7. The quantitative estimate of drug-likeness (QED) is 0.194. The second-order valence-electron chi connectivity index (χ2n) is 18.0. The third-order valence-corrected chi connectivity index (χ3v) is 13.1. The van der Waals surface area contributed by atoms with Crippen LogP contribution in [0.5, 0.6) is 0 Å². The fourth-order valence-electron chi connectivity index (χ4n) is 9.99. The van der Waals surface area contributed by atoms with Gasteiger partial charge in [-0.05, 0) is 83.7 Å². The number of rotatable bonds is 9. The summed E-state index contributed by atoms with van der Waals surface area (Å²) in [6.45, 7) is 16.8. The lowest BCUT2D eigenvalue weighted by atomic mass is 9.75. The number of oxime groups is 1. The molecule has 4 saturated heterocycles. The van der Waals surface area contributed by atoms with Crippen LogP contribution in [0.25, 0.3) is 11.1 Å². The van der Waals surface area contributed by atoms with Crippen molar-refractivity contribution in [1.82, 2.24) is 4.90 Å². The molecule has 4 bridgehead atoms. The molecule has 4 fully saturated rings. The smallest absolute Gasteiger partial charge is 0.311 e. The van der Waals surface area contributed by atoms with E-state index >= 15 is 0 Å². The first-order valence-electron chi connectivity index (χ1n) is 21.6. The van der Waals surface area contributed by atoms with Crippen LogP contribution in [-0.2, 0) is 59.0 Å². The molecule has 2 aromatic carbocycles. The zero-order chi connectivity index (χ0) is 43.5. The Labute approximate surface area is 355 Å². The van der Waals surface area contributed by atoms with E-state index in [9.17, 15) is 14.4 Å². The van der Waals surface area contributed by atoms with Gasteiger partial charge in [0.15, 0.2) is 23.8 Å². The predicted molar refractivity (Wildman–Crippen MR) is 225 cm³/mol. The second kappa shape index (κ2) is 19.1. The van der Waals surface area contributed by atoms with Crippen LogP contribution in [0.3, 0.4) is 0 Å². The molecule has 60 heavy (non-hydrogen) atoms. The molecule has 0 saturated carbocycles. The average molecular weight is 835 g/mol. The predicted octanol–water partition coefficient (Wildman–Crippen LogP) is 6.78. The van der Waals surface area contributed by atoms with E-state index in [1.807, 2.05) is 90.0 Å². The maximum atomic E-state index is 14.4. The van der Waals surface area contributed by atoms with E-state index in [0.29, 0.717) is 25.0 Å². The maximum absolute atomic E-state index is 14.4. The van der Waals surface area contributed by atoms with Gasteiger partial charge in [-0.25, -0.2) is 0 Å². The van der Waals surface area contributed by atoms with Gasteiger partial charge in [0.05, 0.1) is 55.2 Å². The fraction of sp³-hybridized carbons (Fsp3) is 0.660. The summed E-state index contributed by atoms with van der Waals surface area (Å²) in [7, 11) is 3.88. The summed E-state index contributed by atoms with van der Waals surface area (Å²) in [6, 6.07) is 17.9. The molecule has 0 aromatic heterocycles. The summed E-state index contributed by atoms with van der Waals surface area (Å²) in [5.74, 6) is -3.16. The Morgan fingerprint density at radius 1 is 0.933 bits per heavy atom. The lowest BCUT2D eigenvalue weighted by Crippen LogP contribution is -2.60. The van der Waals surface area contributed by atoms with Crippen molar-refractivity contribution in [2.75, 3.05) is 27.3 Å². The Morgan fingerprint density at radius 2 is 1.63 bits per heavy atom. The fourth-order valence-corrected chi connectivity index (χ4v) is 9.99. The van der Waals surface area contributed by atoms with Crippen LogP contribution in [0.15, 0.2) is 59.8 Å². The Morgan fingerprint density at radius 3 is 2.32 bits per heavy atom. The Balaban J connectivity index is 1.42. The number of hydrogen-bond donors (Lipinski definition) is 0. The van der Waals surface area contributed by atoms with Crippen LogP contribution in [0.1, 0.15) is 87.1 Å². The molecule has 0 spiro atoms. The Kier molecular flexibility index (Phi) is 14.6. The van der Waals surface area contributed by atoms with Gasteiger partial charge in [0.2, 0.25) is 0 Å². The number of esters is 2. The largest absolute Gasteiger partial charge is 0.459 e. The molecule has 2 aromatic rings. The Bertz CT molecular complexity index is 1840. The van der Waals surface area contributed by atoms with Gasteiger partial charge >= 0.3 is 11.9 Å². The number of Topliss-reactive ketones (excluding diaryl/α,β-unsaturated/α-hetero) is 1. The zero-order valence-corrected chi connectivity index (χ0v) is 37.3. The van der Waals surface area contributed by atoms with Crippen molar-refractivity contribution >= 4 is 23.4 Å². The standard InChI is InChI=1S/C47H66N2O11/c1-12-38-47(9)42(51)29(4)39(60-47)27(2)23-46(8)43(59-45-41(57-32(7)50)37(49(10)11)22-28(3)56-45)30(5)40(31(6)44(52)58-38)53-25-35(26-54-46)48-55-24-34-20-16-17-21-36(34)33-18-14-13-15-19-33/h13-21,27-31,37-41,43,45H,12,22-26H2,1-11H3/b48-35+/t27-,28-,29?,30-,31-,37+,38-,39?,40+,41-,43-,45+,46-,47?/m1/s1. The zero-order valence-electron chi connectivity index (χ0n) is 37.3. The van der Waals surface area contributed by atoms with Gasteiger partial charge in [-0.3, -0.25) is 14.4 Å². The SMILES string of the molecule is CC[C@H]1OC(=O)[C@H](C)[C@H]2OC/C(=N\OCc3ccccc3-c3ccccc3)CO[C@](C)(C[C@@H](C)C3OC1(C)C(=O)C3C)[C@H](O[C@@H]1O[C@H](C)C[C@H](N(C)C)[C@H]1OC(C)=O)[C@@H]2C. The van der Waals surface area contributed by atoms with Crippen molar-refractivity contribution in [2.45, 2.75) is 148 Å². The minimum absolute atomic E-state index is 0.00275. The number of ether oxygens (including phenoxy) is 7. The highest BCUT2D eigenvalue weighted by molar-refractivity contribution is 5.92. The second-order valence-corrected chi connectivity index (χ2v) is 18.0. The van der Waals surface area contributed by atoms with Crippen LogP contribution in [-0.4, -0.2) is 116 Å². The molecule has 14 atom stereocenters. The topological polar surface area (TPSA) is 141 Å². The number of carbonyl (C=O) groups is 3. The molecule has 0 radical (unpaired) electrons. The van der Waals surface area contributed by atoms with Gasteiger partial charge in [0.25, 0.3) is 0 Å². The van der Waals surface area contributed by atoms with Crippen LogP contribution in [0, 0.1) is 23.7 Å². The molecule has 0 N–H and O–H groups in total. The molecule has 0 amide bonds. The summed E-state index contributed by atoms with van der Waals surface area (Å²) in [4.78, 5) is 49.1. The summed E-state index contributed by atoms with van der Waals surface area (Å²) in [5, 5.41) is 4.60. The molecular formula is C47H66N2O11. The van der Waals surface area contributed by atoms with Crippen LogP contribution in [0.4, 0.5) is 0 Å². The minimum Gasteiger partial charge on any atom is -0.459 e. The van der Waals surface area contributed by atoms with E-state index in [-0.39, 0.29) is 43.7 Å². The van der Waals surface area contributed by atoms with E-state index < -0.39 is 77.7 Å². The van der Waals surface area contributed by atoms with E-state index in [2.05, 4.69) is 30.3 Å². The third kappa shape index (κ3) is 9.66. The number of nitrogens with zero attached hydrogens (tertiary/aromatic N) is 2. The van der Waals surface area contributed by atoms with Crippen molar-refractivity contribution in [3.05, 3.63) is 60.2 Å². The Hall–Kier alpha value is -3.72.